The highest BCUT2D eigenvalue weighted by atomic mass is 35.5. The average molecular weight is 339 g/mol. The van der Waals surface area contributed by atoms with E-state index in [1.54, 1.807) is 12.1 Å². The summed E-state index contributed by atoms with van der Waals surface area (Å²) in [4.78, 5) is 11.9. The molecule has 0 fully saturated rings. The Hall–Kier alpha value is -1.89. The van der Waals surface area contributed by atoms with Gasteiger partial charge in [0, 0.05) is 17.1 Å². The molecule has 0 aliphatic carbocycles. The zero-order chi connectivity index (χ0) is 16.2. The summed E-state index contributed by atoms with van der Waals surface area (Å²) in [7, 11) is -3.74. The van der Waals surface area contributed by atoms with Crippen LogP contribution in [0.5, 0.6) is 0 Å². The molecule has 0 aliphatic heterocycles. The van der Waals surface area contributed by atoms with E-state index in [2.05, 4.69) is 5.32 Å². The molecule has 0 saturated carbocycles. The quantitative estimate of drug-likeness (QED) is 0.873. The molecule has 0 heterocycles. The third kappa shape index (κ3) is 4.56. The van der Waals surface area contributed by atoms with Gasteiger partial charge in [0.25, 0.3) is 5.91 Å². The van der Waals surface area contributed by atoms with E-state index in [1.165, 1.54) is 24.3 Å². The molecule has 7 heteroatoms. The van der Waals surface area contributed by atoms with E-state index in [-0.39, 0.29) is 10.8 Å². The number of primary sulfonamides is 1. The summed E-state index contributed by atoms with van der Waals surface area (Å²) in [6, 6.07) is 12.9. The van der Waals surface area contributed by atoms with Crippen molar-refractivity contribution in [2.75, 3.05) is 6.54 Å². The third-order valence-corrected chi connectivity index (χ3v) is 4.24. The molecule has 22 heavy (non-hydrogen) atoms. The first-order valence-electron chi connectivity index (χ1n) is 6.52. The maximum absolute atomic E-state index is 11.9. The van der Waals surface area contributed by atoms with Crippen LogP contribution in [-0.4, -0.2) is 20.9 Å². The number of nitrogens with two attached hydrogens (primary N) is 1. The highest BCUT2D eigenvalue weighted by Crippen LogP contribution is 2.10. The lowest BCUT2D eigenvalue weighted by atomic mass is 10.1. The van der Waals surface area contributed by atoms with Crippen LogP contribution in [0, 0.1) is 0 Å². The molecule has 2 rings (SSSR count). The predicted molar refractivity (Wildman–Crippen MR) is 85.3 cm³/mol. The van der Waals surface area contributed by atoms with Crippen LogP contribution in [0.3, 0.4) is 0 Å². The van der Waals surface area contributed by atoms with E-state index in [4.69, 9.17) is 16.7 Å². The van der Waals surface area contributed by atoms with Crippen molar-refractivity contribution in [3.05, 3.63) is 64.7 Å². The number of hydrogen-bond acceptors (Lipinski definition) is 3. The van der Waals surface area contributed by atoms with Crippen molar-refractivity contribution >= 4 is 27.5 Å². The molecular weight excluding hydrogens is 324 g/mol. The van der Waals surface area contributed by atoms with Crippen LogP contribution in [0.1, 0.15) is 15.9 Å². The molecule has 3 N–H and O–H groups in total. The van der Waals surface area contributed by atoms with Crippen LogP contribution < -0.4 is 10.5 Å². The molecule has 0 aromatic heterocycles. The predicted octanol–water partition coefficient (Wildman–Crippen LogP) is 1.96. The second-order valence-electron chi connectivity index (χ2n) is 4.70. The van der Waals surface area contributed by atoms with Crippen molar-refractivity contribution in [1.82, 2.24) is 5.32 Å². The molecule has 0 bridgehead atoms. The van der Waals surface area contributed by atoms with Crippen molar-refractivity contribution in [1.29, 1.82) is 0 Å². The summed E-state index contributed by atoms with van der Waals surface area (Å²) >= 11 is 5.80. The summed E-state index contributed by atoms with van der Waals surface area (Å²) in [6.07, 6.45) is 0.679. The summed E-state index contributed by atoms with van der Waals surface area (Å²) < 4.78 is 22.3. The molecule has 0 aliphatic rings. The summed E-state index contributed by atoms with van der Waals surface area (Å²) in [6.45, 7) is 0.470. The minimum absolute atomic E-state index is 0.0229. The van der Waals surface area contributed by atoms with Crippen LogP contribution in [0.4, 0.5) is 0 Å². The lowest BCUT2D eigenvalue weighted by Gasteiger charge is -2.06. The zero-order valence-corrected chi connectivity index (χ0v) is 13.2. The maximum atomic E-state index is 11.9. The molecule has 0 atom stereocenters. The number of carbonyl (C=O) groups is 1. The van der Waals surface area contributed by atoms with Crippen LogP contribution in [0.15, 0.2) is 53.4 Å². The Bertz CT molecular complexity index is 756. The number of sulfonamides is 1. The van der Waals surface area contributed by atoms with Gasteiger partial charge in [-0.15, -0.1) is 0 Å². The minimum Gasteiger partial charge on any atom is -0.352 e. The first-order valence-corrected chi connectivity index (χ1v) is 8.44. The number of benzene rings is 2. The third-order valence-electron chi connectivity index (χ3n) is 3.06. The van der Waals surface area contributed by atoms with Crippen molar-refractivity contribution in [3.8, 4) is 0 Å². The molecule has 0 spiro atoms. The van der Waals surface area contributed by atoms with Crippen LogP contribution >= 0.6 is 11.6 Å². The molecule has 0 saturated heterocycles. The number of halogens is 1. The second-order valence-corrected chi connectivity index (χ2v) is 6.70. The van der Waals surface area contributed by atoms with Crippen LogP contribution in [0.25, 0.3) is 0 Å². The van der Waals surface area contributed by atoms with Crippen molar-refractivity contribution in [3.63, 3.8) is 0 Å². The highest BCUT2D eigenvalue weighted by Gasteiger charge is 2.09. The van der Waals surface area contributed by atoms with Gasteiger partial charge in [0.05, 0.1) is 4.90 Å². The topological polar surface area (TPSA) is 89.3 Å². The van der Waals surface area contributed by atoms with Crippen molar-refractivity contribution in [2.24, 2.45) is 5.14 Å². The van der Waals surface area contributed by atoms with E-state index in [0.717, 1.165) is 5.56 Å². The minimum atomic E-state index is -3.74. The second kappa shape index (κ2) is 6.91. The number of nitrogens with one attached hydrogen (secondary N) is 1. The van der Waals surface area contributed by atoms with Gasteiger partial charge in [-0.2, -0.15) is 0 Å². The van der Waals surface area contributed by atoms with Crippen molar-refractivity contribution < 1.29 is 13.2 Å². The molecule has 2 aromatic rings. The summed E-state index contributed by atoms with van der Waals surface area (Å²) in [5.41, 5.74) is 1.44. The molecule has 0 radical (unpaired) electrons. The Balaban J connectivity index is 1.91. The van der Waals surface area contributed by atoms with Gasteiger partial charge in [0.1, 0.15) is 0 Å². The smallest absolute Gasteiger partial charge is 0.251 e. The average Bonchev–Trinajstić information content (AvgIpc) is 2.48. The zero-order valence-electron chi connectivity index (χ0n) is 11.6. The number of amides is 1. The monoisotopic (exact) mass is 338 g/mol. The molecule has 116 valence electrons. The van der Waals surface area contributed by atoms with E-state index in [9.17, 15) is 13.2 Å². The largest absolute Gasteiger partial charge is 0.352 e. The fraction of sp³-hybridized carbons (Fsp3) is 0.133. The summed E-state index contributed by atoms with van der Waals surface area (Å²) in [5, 5.41) is 8.44. The number of hydrogen-bond donors (Lipinski definition) is 2. The van der Waals surface area contributed by atoms with E-state index < -0.39 is 10.0 Å². The molecule has 5 nitrogen and oxygen atoms in total. The highest BCUT2D eigenvalue weighted by molar-refractivity contribution is 7.89. The molecule has 2 aromatic carbocycles. The lowest BCUT2D eigenvalue weighted by molar-refractivity contribution is 0.0954. The Morgan fingerprint density at radius 3 is 2.18 bits per heavy atom. The van der Waals surface area contributed by atoms with Gasteiger partial charge in [-0.1, -0.05) is 23.7 Å². The standard InChI is InChI=1S/C15H15ClN2O3S/c16-13-5-1-11(2-6-13)9-10-18-15(19)12-3-7-14(8-4-12)22(17,20)21/h1-8H,9-10H2,(H,18,19)(H2,17,20,21). The molecular formula is C15H15ClN2O3S. The normalized spacial score (nSPS) is 11.2. The SMILES string of the molecule is NS(=O)(=O)c1ccc(C(=O)NCCc2ccc(Cl)cc2)cc1. The Morgan fingerprint density at radius 1 is 1.05 bits per heavy atom. The van der Waals surface area contributed by atoms with Gasteiger partial charge >= 0.3 is 0 Å². The first-order chi connectivity index (χ1) is 10.4. The molecule has 1 amide bonds. The fourth-order valence-electron chi connectivity index (χ4n) is 1.87. The van der Waals surface area contributed by atoms with Gasteiger partial charge in [-0.25, -0.2) is 13.6 Å². The van der Waals surface area contributed by atoms with Crippen LogP contribution in [-0.2, 0) is 16.4 Å². The van der Waals surface area contributed by atoms with Gasteiger partial charge in [-0.3, -0.25) is 4.79 Å². The lowest BCUT2D eigenvalue weighted by Crippen LogP contribution is -2.25. The van der Waals surface area contributed by atoms with Gasteiger partial charge in [-0.05, 0) is 48.4 Å². The number of rotatable bonds is 5. The Morgan fingerprint density at radius 2 is 1.64 bits per heavy atom. The number of carbonyl (C=O) groups excluding carboxylic acids is 1. The van der Waals surface area contributed by atoms with Gasteiger partial charge in [0.2, 0.25) is 10.0 Å². The van der Waals surface area contributed by atoms with E-state index in [0.29, 0.717) is 23.6 Å². The van der Waals surface area contributed by atoms with Gasteiger partial charge < -0.3 is 5.32 Å². The Labute approximate surface area is 134 Å². The summed E-state index contributed by atoms with van der Waals surface area (Å²) in [5.74, 6) is -0.269. The first kappa shape index (κ1) is 16.5. The van der Waals surface area contributed by atoms with E-state index in [1.807, 2.05) is 12.1 Å². The van der Waals surface area contributed by atoms with E-state index >= 15 is 0 Å². The molecule has 0 unspecified atom stereocenters. The maximum Gasteiger partial charge on any atom is 0.251 e. The van der Waals surface area contributed by atoms with Gasteiger partial charge in [0.15, 0.2) is 0 Å². The fourth-order valence-corrected chi connectivity index (χ4v) is 2.51. The Kier molecular flexibility index (Phi) is 5.18. The van der Waals surface area contributed by atoms with Crippen molar-refractivity contribution in [2.45, 2.75) is 11.3 Å². The van der Waals surface area contributed by atoms with Crippen LogP contribution in [0.2, 0.25) is 5.02 Å².